The fourth-order valence-corrected chi connectivity index (χ4v) is 3.64. The van der Waals surface area contributed by atoms with E-state index in [1.807, 2.05) is 30.5 Å². The number of thiophene rings is 1. The first kappa shape index (κ1) is 15.7. The monoisotopic (exact) mass is 371 g/mol. The number of hydrogen-bond donors (Lipinski definition) is 2. The highest BCUT2D eigenvalue weighted by Gasteiger charge is 2.14. The van der Waals surface area contributed by atoms with Crippen LogP contribution in [0.5, 0.6) is 5.75 Å². The molecule has 1 amide bonds. The molecule has 1 aromatic carbocycles. The van der Waals surface area contributed by atoms with Crippen molar-refractivity contribution in [2.24, 2.45) is 0 Å². The summed E-state index contributed by atoms with van der Waals surface area (Å²) in [5, 5.41) is 11.9. The Balaban J connectivity index is 1.40. The number of anilines is 1. The lowest BCUT2D eigenvalue weighted by atomic mass is 10.2. The van der Waals surface area contributed by atoms with E-state index >= 15 is 0 Å². The van der Waals surface area contributed by atoms with Gasteiger partial charge in [0.15, 0.2) is 12.4 Å². The molecule has 126 valence electrons. The van der Waals surface area contributed by atoms with Crippen LogP contribution in [0, 0.1) is 6.92 Å². The summed E-state index contributed by atoms with van der Waals surface area (Å²) in [6.07, 6.45) is 0. The third-order valence-electron chi connectivity index (χ3n) is 3.63. The second-order valence-corrected chi connectivity index (χ2v) is 6.78. The van der Waals surface area contributed by atoms with Crippen molar-refractivity contribution in [3.05, 3.63) is 41.3 Å². The van der Waals surface area contributed by atoms with Gasteiger partial charge >= 0.3 is 0 Å². The normalized spacial score (nSPS) is 10.9. The lowest BCUT2D eigenvalue weighted by Crippen LogP contribution is -2.20. The number of nitrogens with one attached hydrogen (secondary N) is 2. The third kappa shape index (κ3) is 3.24. The van der Waals surface area contributed by atoms with Gasteiger partial charge in [0.1, 0.15) is 16.8 Å². The zero-order valence-electron chi connectivity index (χ0n) is 13.1. The van der Waals surface area contributed by atoms with Crippen molar-refractivity contribution >= 4 is 45.8 Å². The highest BCUT2D eigenvalue weighted by molar-refractivity contribution is 7.13. The Morgan fingerprint density at radius 1 is 1.28 bits per heavy atom. The average Bonchev–Trinajstić information content (AvgIpc) is 3.34. The molecule has 0 radical (unpaired) electrons. The zero-order valence-corrected chi connectivity index (χ0v) is 14.8. The molecule has 0 unspecified atom stereocenters. The summed E-state index contributed by atoms with van der Waals surface area (Å²) in [6.45, 7) is 1.81. The number of aromatic nitrogens is 4. The Kier molecular flexibility index (Phi) is 4.16. The van der Waals surface area contributed by atoms with E-state index in [1.165, 1.54) is 0 Å². The van der Waals surface area contributed by atoms with Gasteiger partial charge < -0.3 is 10.1 Å². The molecule has 3 heterocycles. The highest BCUT2D eigenvalue weighted by atomic mass is 32.1. The molecular weight excluding hydrogens is 358 g/mol. The van der Waals surface area contributed by atoms with Gasteiger partial charge in [0.05, 0.1) is 22.3 Å². The number of nitrogens with zero attached hydrogens (tertiary/aromatic N) is 3. The minimum Gasteiger partial charge on any atom is -0.484 e. The van der Waals surface area contributed by atoms with Crippen LogP contribution >= 0.6 is 23.1 Å². The van der Waals surface area contributed by atoms with Crippen molar-refractivity contribution in [2.45, 2.75) is 6.92 Å². The van der Waals surface area contributed by atoms with Gasteiger partial charge in [0, 0.05) is 11.6 Å². The van der Waals surface area contributed by atoms with Gasteiger partial charge in [-0.15, -0.1) is 11.3 Å². The Bertz CT molecular complexity index is 1020. The summed E-state index contributed by atoms with van der Waals surface area (Å²) < 4.78 is 13.8. The Morgan fingerprint density at radius 3 is 3.00 bits per heavy atom. The molecule has 25 heavy (non-hydrogen) atoms. The average molecular weight is 371 g/mol. The molecule has 3 aromatic heterocycles. The smallest absolute Gasteiger partial charge is 0.263 e. The maximum absolute atomic E-state index is 12.1. The molecule has 0 aliphatic rings. The van der Waals surface area contributed by atoms with Crippen LogP contribution in [0.3, 0.4) is 0 Å². The fraction of sp³-hybridized carbons (Fsp3) is 0.125. The molecule has 2 N–H and O–H groups in total. The first-order valence-electron chi connectivity index (χ1n) is 7.44. The Hall–Kier alpha value is -2.78. The number of carbonyl (C=O) groups is 1. The molecule has 7 nitrogen and oxygen atoms in total. The number of amides is 1. The zero-order chi connectivity index (χ0) is 17.2. The van der Waals surface area contributed by atoms with Crippen LogP contribution in [0.2, 0.25) is 0 Å². The van der Waals surface area contributed by atoms with E-state index in [9.17, 15) is 4.79 Å². The van der Waals surface area contributed by atoms with Crippen molar-refractivity contribution in [3.63, 3.8) is 0 Å². The minimum atomic E-state index is -0.274. The second kappa shape index (κ2) is 6.61. The molecule has 0 atom stereocenters. The van der Waals surface area contributed by atoms with Crippen molar-refractivity contribution in [2.75, 3.05) is 11.9 Å². The molecule has 0 spiro atoms. The molecular formula is C16H13N5O2S2. The van der Waals surface area contributed by atoms with Crippen LogP contribution in [-0.4, -0.2) is 31.5 Å². The molecule has 0 saturated heterocycles. The predicted molar refractivity (Wildman–Crippen MR) is 98.2 cm³/mol. The van der Waals surface area contributed by atoms with E-state index in [1.54, 1.807) is 23.5 Å². The fourth-order valence-electron chi connectivity index (χ4n) is 2.35. The van der Waals surface area contributed by atoms with Crippen LogP contribution in [-0.2, 0) is 4.79 Å². The van der Waals surface area contributed by atoms with E-state index in [0.29, 0.717) is 11.6 Å². The quantitative estimate of drug-likeness (QED) is 0.560. The number of fused-ring (bicyclic) bond motifs is 1. The van der Waals surface area contributed by atoms with Crippen molar-refractivity contribution in [3.8, 4) is 16.3 Å². The van der Waals surface area contributed by atoms with Gasteiger partial charge in [-0.25, -0.2) is 0 Å². The Morgan fingerprint density at radius 2 is 2.16 bits per heavy atom. The van der Waals surface area contributed by atoms with Crippen molar-refractivity contribution in [1.82, 2.24) is 18.9 Å². The van der Waals surface area contributed by atoms with Crippen LogP contribution in [0.15, 0.2) is 35.7 Å². The van der Waals surface area contributed by atoms with E-state index < -0.39 is 0 Å². The number of H-pyrrole nitrogens is 1. The van der Waals surface area contributed by atoms with Gasteiger partial charge in [0.2, 0.25) is 0 Å². The highest BCUT2D eigenvalue weighted by Crippen LogP contribution is 2.29. The summed E-state index contributed by atoms with van der Waals surface area (Å²) >= 11 is 2.76. The molecule has 0 saturated carbocycles. The van der Waals surface area contributed by atoms with E-state index in [-0.39, 0.29) is 12.5 Å². The summed E-state index contributed by atoms with van der Waals surface area (Å²) in [5.74, 6) is 0.813. The van der Waals surface area contributed by atoms with Crippen LogP contribution in [0.1, 0.15) is 5.56 Å². The van der Waals surface area contributed by atoms with Gasteiger partial charge in [0.25, 0.3) is 5.91 Å². The number of rotatable bonds is 5. The number of hydrogen-bond acceptors (Lipinski definition) is 7. The lowest BCUT2D eigenvalue weighted by Gasteiger charge is -2.06. The standard InChI is InChI=1S/C16H13N5O2S2/c1-9-15(13-3-2-6-24-13)18-19-16(9)17-14(22)8-23-10-4-5-11-12(7-10)21-25-20-11/h2-7H,8H2,1H3,(H2,17,18,19,22). The summed E-state index contributed by atoms with van der Waals surface area (Å²) in [5.41, 5.74) is 3.38. The van der Waals surface area contributed by atoms with Gasteiger partial charge in [-0.3, -0.25) is 9.89 Å². The molecule has 0 fully saturated rings. The number of ether oxygens (including phenoxy) is 1. The first-order chi connectivity index (χ1) is 12.2. The molecule has 4 aromatic rings. The minimum absolute atomic E-state index is 0.107. The molecule has 0 aliphatic heterocycles. The van der Waals surface area contributed by atoms with Crippen LogP contribution in [0.25, 0.3) is 21.6 Å². The number of benzene rings is 1. The Labute approximate surface area is 151 Å². The van der Waals surface area contributed by atoms with E-state index in [2.05, 4.69) is 24.3 Å². The largest absolute Gasteiger partial charge is 0.484 e. The SMILES string of the molecule is Cc1c(NC(=O)COc2ccc3nsnc3c2)n[nH]c1-c1cccs1. The summed E-state index contributed by atoms with van der Waals surface area (Å²) in [4.78, 5) is 13.2. The second-order valence-electron chi connectivity index (χ2n) is 5.30. The predicted octanol–water partition coefficient (Wildman–Crippen LogP) is 3.47. The molecule has 0 aliphatic carbocycles. The van der Waals surface area contributed by atoms with E-state index in [0.717, 1.165) is 38.9 Å². The maximum Gasteiger partial charge on any atom is 0.263 e. The molecule has 4 rings (SSSR count). The number of aromatic amines is 1. The first-order valence-corrected chi connectivity index (χ1v) is 9.05. The summed E-state index contributed by atoms with van der Waals surface area (Å²) in [7, 11) is 0. The van der Waals surface area contributed by atoms with Gasteiger partial charge in [-0.1, -0.05) is 6.07 Å². The van der Waals surface area contributed by atoms with Gasteiger partial charge in [-0.05, 0) is 30.5 Å². The van der Waals surface area contributed by atoms with E-state index in [4.69, 9.17) is 4.74 Å². The number of carbonyl (C=O) groups excluding carboxylic acids is 1. The van der Waals surface area contributed by atoms with Crippen molar-refractivity contribution in [1.29, 1.82) is 0 Å². The van der Waals surface area contributed by atoms with Crippen LogP contribution in [0.4, 0.5) is 5.82 Å². The summed E-state index contributed by atoms with van der Waals surface area (Å²) in [6, 6.07) is 9.33. The topological polar surface area (TPSA) is 92.8 Å². The molecule has 9 heteroatoms. The van der Waals surface area contributed by atoms with Crippen LogP contribution < -0.4 is 10.1 Å². The maximum atomic E-state index is 12.1. The van der Waals surface area contributed by atoms with Gasteiger partial charge in [-0.2, -0.15) is 13.8 Å². The third-order valence-corrected chi connectivity index (χ3v) is 5.07. The lowest BCUT2D eigenvalue weighted by molar-refractivity contribution is -0.118. The van der Waals surface area contributed by atoms with Crippen molar-refractivity contribution < 1.29 is 9.53 Å². The molecule has 0 bridgehead atoms.